The second kappa shape index (κ2) is 4.39. The minimum atomic E-state index is -0.791. The normalized spacial score (nSPS) is 12.7. The number of fused-ring (bicyclic) bond motifs is 3. The summed E-state index contributed by atoms with van der Waals surface area (Å²) in [5.74, 6) is -1.30. The van der Waals surface area contributed by atoms with Crippen molar-refractivity contribution in [2.75, 3.05) is 0 Å². The van der Waals surface area contributed by atoms with Gasteiger partial charge >= 0.3 is 5.97 Å². The van der Waals surface area contributed by atoms with Crippen molar-refractivity contribution in [1.29, 1.82) is 0 Å². The number of benzene rings is 3. The zero-order chi connectivity index (χ0) is 13.4. The van der Waals surface area contributed by atoms with Crippen LogP contribution in [0.4, 0.5) is 0 Å². The first-order chi connectivity index (χ1) is 9.18. The Labute approximate surface area is 111 Å². The van der Waals surface area contributed by atoms with Gasteiger partial charge in [-0.15, -0.1) is 0 Å². The number of hydrogen-bond donors (Lipinski definition) is 1. The Morgan fingerprint density at radius 1 is 0.947 bits per heavy atom. The Kier molecular flexibility index (Phi) is 2.71. The number of rotatable bonds is 2. The highest BCUT2D eigenvalue weighted by atomic mass is 16.4. The van der Waals surface area contributed by atoms with Gasteiger partial charge in [0, 0.05) is 0 Å². The predicted molar refractivity (Wildman–Crippen MR) is 77.5 cm³/mol. The Hall–Kier alpha value is -2.35. The van der Waals surface area contributed by atoms with Crippen LogP contribution in [0.25, 0.3) is 21.5 Å². The van der Waals surface area contributed by atoms with Crippen LogP contribution < -0.4 is 0 Å². The molecule has 0 bridgehead atoms. The monoisotopic (exact) mass is 250 g/mol. The number of hydrogen-bond acceptors (Lipinski definition) is 1. The molecule has 0 aliphatic heterocycles. The summed E-state index contributed by atoms with van der Waals surface area (Å²) in [5.41, 5.74) is 0.877. The second-order valence-corrected chi connectivity index (χ2v) is 4.79. The van der Waals surface area contributed by atoms with Crippen molar-refractivity contribution in [3.8, 4) is 0 Å². The third kappa shape index (κ3) is 1.85. The highest BCUT2D eigenvalue weighted by Crippen LogP contribution is 2.32. The van der Waals surface area contributed by atoms with Crippen LogP contribution >= 0.6 is 0 Å². The molecule has 0 aliphatic rings. The van der Waals surface area contributed by atoms with E-state index >= 15 is 0 Å². The summed E-state index contributed by atoms with van der Waals surface area (Å²) < 4.78 is 0. The van der Waals surface area contributed by atoms with E-state index in [0.29, 0.717) is 0 Å². The SMILES string of the molecule is CC(C(=O)O)c1cc2ccccc2c2ccccc12. The van der Waals surface area contributed by atoms with Crippen molar-refractivity contribution >= 4 is 27.5 Å². The smallest absolute Gasteiger partial charge is 0.310 e. The first kappa shape index (κ1) is 11.7. The summed E-state index contributed by atoms with van der Waals surface area (Å²) >= 11 is 0. The van der Waals surface area contributed by atoms with Crippen molar-refractivity contribution in [2.24, 2.45) is 0 Å². The van der Waals surface area contributed by atoms with Crippen LogP contribution in [0.1, 0.15) is 18.4 Å². The molecular formula is C17H14O2. The minimum absolute atomic E-state index is 0.505. The maximum atomic E-state index is 11.3. The summed E-state index contributed by atoms with van der Waals surface area (Å²) in [5, 5.41) is 13.7. The predicted octanol–water partition coefficient (Wildman–Crippen LogP) is 4.18. The van der Waals surface area contributed by atoms with Gasteiger partial charge in [0.1, 0.15) is 0 Å². The fourth-order valence-corrected chi connectivity index (χ4v) is 2.57. The molecular weight excluding hydrogens is 236 g/mol. The van der Waals surface area contributed by atoms with Gasteiger partial charge in [-0.05, 0) is 40.1 Å². The number of carboxylic acid groups (broad SMARTS) is 1. The molecule has 0 aromatic heterocycles. The molecule has 0 spiro atoms. The lowest BCUT2D eigenvalue weighted by Crippen LogP contribution is -2.08. The first-order valence-corrected chi connectivity index (χ1v) is 6.31. The van der Waals surface area contributed by atoms with E-state index in [1.165, 1.54) is 5.39 Å². The topological polar surface area (TPSA) is 37.3 Å². The quantitative estimate of drug-likeness (QED) is 0.693. The second-order valence-electron chi connectivity index (χ2n) is 4.79. The van der Waals surface area contributed by atoms with Crippen molar-refractivity contribution in [3.05, 3.63) is 60.2 Å². The van der Waals surface area contributed by atoms with E-state index in [1.54, 1.807) is 6.92 Å². The third-order valence-corrected chi connectivity index (χ3v) is 3.64. The van der Waals surface area contributed by atoms with Crippen LogP contribution in [0, 0.1) is 0 Å². The summed E-state index contributed by atoms with van der Waals surface area (Å²) in [6.45, 7) is 1.74. The fraction of sp³-hybridized carbons (Fsp3) is 0.118. The van der Waals surface area contributed by atoms with Gasteiger partial charge in [-0.3, -0.25) is 4.79 Å². The largest absolute Gasteiger partial charge is 0.481 e. The molecule has 1 N–H and O–H groups in total. The molecule has 3 rings (SSSR count). The van der Waals surface area contributed by atoms with Crippen LogP contribution in [-0.4, -0.2) is 11.1 Å². The fourth-order valence-electron chi connectivity index (χ4n) is 2.57. The van der Waals surface area contributed by atoms with E-state index in [9.17, 15) is 9.90 Å². The molecule has 0 radical (unpaired) electrons. The number of carbonyl (C=O) groups is 1. The third-order valence-electron chi connectivity index (χ3n) is 3.64. The van der Waals surface area contributed by atoms with E-state index in [1.807, 2.05) is 42.5 Å². The zero-order valence-corrected chi connectivity index (χ0v) is 10.6. The van der Waals surface area contributed by atoms with Crippen molar-refractivity contribution in [3.63, 3.8) is 0 Å². The number of aliphatic carboxylic acids is 1. The van der Waals surface area contributed by atoms with E-state index in [0.717, 1.165) is 21.7 Å². The van der Waals surface area contributed by atoms with E-state index in [2.05, 4.69) is 12.1 Å². The highest BCUT2D eigenvalue weighted by Gasteiger charge is 2.17. The Morgan fingerprint density at radius 3 is 2.21 bits per heavy atom. The number of carboxylic acids is 1. The van der Waals surface area contributed by atoms with E-state index < -0.39 is 11.9 Å². The Balaban J connectivity index is 2.45. The van der Waals surface area contributed by atoms with Crippen molar-refractivity contribution in [1.82, 2.24) is 0 Å². The molecule has 0 saturated heterocycles. The lowest BCUT2D eigenvalue weighted by Gasteiger charge is -2.13. The van der Waals surface area contributed by atoms with Gasteiger partial charge in [-0.25, -0.2) is 0 Å². The summed E-state index contributed by atoms with van der Waals surface area (Å²) in [6, 6.07) is 18.1. The van der Waals surface area contributed by atoms with Crippen molar-refractivity contribution in [2.45, 2.75) is 12.8 Å². The van der Waals surface area contributed by atoms with Gasteiger partial charge in [0.15, 0.2) is 0 Å². The average Bonchev–Trinajstić information content (AvgIpc) is 2.45. The molecule has 0 saturated carbocycles. The van der Waals surface area contributed by atoms with Gasteiger partial charge in [-0.1, -0.05) is 48.5 Å². The maximum Gasteiger partial charge on any atom is 0.310 e. The average molecular weight is 250 g/mol. The summed E-state index contributed by atoms with van der Waals surface area (Å²) in [4.78, 5) is 11.3. The molecule has 3 aromatic rings. The molecule has 0 aliphatic carbocycles. The van der Waals surface area contributed by atoms with Crippen LogP contribution in [-0.2, 0) is 4.79 Å². The van der Waals surface area contributed by atoms with Gasteiger partial charge in [-0.2, -0.15) is 0 Å². The van der Waals surface area contributed by atoms with Crippen molar-refractivity contribution < 1.29 is 9.90 Å². The lowest BCUT2D eigenvalue weighted by molar-refractivity contribution is -0.138. The molecule has 2 nitrogen and oxygen atoms in total. The van der Waals surface area contributed by atoms with Gasteiger partial charge in [0.2, 0.25) is 0 Å². The molecule has 2 heteroatoms. The van der Waals surface area contributed by atoms with Crippen LogP contribution in [0.2, 0.25) is 0 Å². The van der Waals surface area contributed by atoms with Gasteiger partial charge in [0.05, 0.1) is 5.92 Å². The minimum Gasteiger partial charge on any atom is -0.481 e. The van der Waals surface area contributed by atoms with Gasteiger partial charge < -0.3 is 5.11 Å². The zero-order valence-electron chi connectivity index (χ0n) is 10.6. The Bertz CT molecular complexity index is 774. The lowest BCUT2D eigenvalue weighted by atomic mass is 9.91. The molecule has 0 amide bonds. The standard InChI is InChI=1S/C17H14O2/c1-11(17(18)19)16-10-12-6-2-3-7-13(12)14-8-4-5-9-15(14)16/h2-11H,1H3,(H,18,19). The molecule has 1 atom stereocenters. The van der Waals surface area contributed by atoms with E-state index in [4.69, 9.17) is 0 Å². The van der Waals surface area contributed by atoms with Crippen LogP contribution in [0.3, 0.4) is 0 Å². The summed E-state index contributed by atoms with van der Waals surface area (Å²) in [7, 11) is 0. The first-order valence-electron chi connectivity index (χ1n) is 6.31. The highest BCUT2D eigenvalue weighted by molar-refractivity contribution is 6.10. The molecule has 94 valence electrons. The molecule has 0 fully saturated rings. The summed E-state index contributed by atoms with van der Waals surface area (Å²) in [6.07, 6.45) is 0. The van der Waals surface area contributed by atoms with E-state index in [-0.39, 0.29) is 0 Å². The maximum absolute atomic E-state index is 11.3. The molecule has 1 unspecified atom stereocenters. The molecule has 3 aromatic carbocycles. The van der Waals surface area contributed by atoms with Crippen LogP contribution in [0.5, 0.6) is 0 Å². The molecule has 19 heavy (non-hydrogen) atoms. The van der Waals surface area contributed by atoms with Gasteiger partial charge in [0.25, 0.3) is 0 Å². The molecule has 0 heterocycles. The van der Waals surface area contributed by atoms with Crippen LogP contribution in [0.15, 0.2) is 54.6 Å². The Morgan fingerprint density at radius 2 is 1.53 bits per heavy atom.